The molecule has 20 heavy (non-hydrogen) atoms. The molecular weight excluding hydrogens is 256 g/mol. The van der Waals surface area contributed by atoms with Crippen molar-refractivity contribution in [2.75, 3.05) is 6.54 Å². The quantitative estimate of drug-likeness (QED) is 0.854. The third-order valence-electron chi connectivity index (χ3n) is 3.08. The number of nitrogens with zero attached hydrogens (tertiary/aromatic N) is 2. The summed E-state index contributed by atoms with van der Waals surface area (Å²) < 4.78 is 0. The van der Waals surface area contributed by atoms with E-state index in [1.807, 2.05) is 0 Å². The van der Waals surface area contributed by atoms with E-state index < -0.39 is 0 Å². The highest BCUT2D eigenvalue weighted by atomic mass is 16.2. The second-order valence-electron chi connectivity index (χ2n) is 4.78. The molecule has 0 spiro atoms. The van der Waals surface area contributed by atoms with Crippen LogP contribution in [0.1, 0.15) is 23.2 Å². The van der Waals surface area contributed by atoms with Crippen LogP contribution in [0.4, 0.5) is 0 Å². The van der Waals surface area contributed by atoms with Crippen molar-refractivity contribution >= 4 is 22.8 Å². The molecule has 6 nitrogen and oxygen atoms in total. The lowest BCUT2D eigenvalue weighted by atomic mass is 10.2. The number of carbonyl (C=O) groups is 2. The van der Waals surface area contributed by atoms with Crippen molar-refractivity contribution in [3.8, 4) is 0 Å². The zero-order chi connectivity index (χ0) is 13.9. The smallest absolute Gasteiger partial charge is 0.251 e. The summed E-state index contributed by atoms with van der Waals surface area (Å²) in [6, 6.07) is 5.37. The van der Waals surface area contributed by atoms with Crippen molar-refractivity contribution in [1.29, 1.82) is 0 Å². The van der Waals surface area contributed by atoms with Crippen LogP contribution in [0, 0.1) is 0 Å². The SMILES string of the molecule is O=C(CNC(=O)c1ccc2nccnc2c1)NC1CC1. The maximum Gasteiger partial charge on any atom is 0.251 e. The Hall–Kier alpha value is -2.50. The first-order valence-corrected chi connectivity index (χ1v) is 6.51. The summed E-state index contributed by atoms with van der Waals surface area (Å²) in [4.78, 5) is 31.7. The average Bonchev–Trinajstić information content (AvgIpc) is 3.28. The van der Waals surface area contributed by atoms with Gasteiger partial charge in [0, 0.05) is 24.0 Å². The van der Waals surface area contributed by atoms with Gasteiger partial charge in [0.1, 0.15) is 0 Å². The van der Waals surface area contributed by atoms with Gasteiger partial charge in [0.25, 0.3) is 5.91 Å². The van der Waals surface area contributed by atoms with Crippen LogP contribution in [-0.4, -0.2) is 34.4 Å². The third kappa shape index (κ3) is 2.90. The van der Waals surface area contributed by atoms with Gasteiger partial charge >= 0.3 is 0 Å². The summed E-state index contributed by atoms with van der Waals surface area (Å²) >= 11 is 0. The number of hydrogen-bond acceptors (Lipinski definition) is 4. The van der Waals surface area contributed by atoms with Crippen LogP contribution in [0.15, 0.2) is 30.6 Å². The molecule has 0 saturated heterocycles. The number of rotatable bonds is 4. The van der Waals surface area contributed by atoms with E-state index >= 15 is 0 Å². The first-order chi connectivity index (χ1) is 9.72. The highest BCUT2D eigenvalue weighted by molar-refractivity contribution is 5.98. The summed E-state index contributed by atoms with van der Waals surface area (Å²) in [5.41, 5.74) is 1.86. The lowest BCUT2D eigenvalue weighted by Gasteiger charge is -2.06. The van der Waals surface area contributed by atoms with E-state index in [1.165, 1.54) is 0 Å². The van der Waals surface area contributed by atoms with E-state index in [4.69, 9.17) is 0 Å². The number of carbonyl (C=O) groups excluding carboxylic acids is 2. The van der Waals surface area contributed by atoms with E-state index in [-0.39, 0.29) is 18.4 Å². The summed E-state index contributed by atoms with van der Waals surface area (Å²) in [5.74, 6) is -0.440. The predicted octanol–water partition coefficient (Wildman–Crippen LogP) is 0.638. The number of benzene rings is 1. The van der Waals surface area contributed by atoms with Crippen molar-refractivity contribution in [3.63, 3.8) is 0 Å². The Labute approximate surface area is 115 Å². The molecule has 0 bridgehead atoms. The fourth-order valence-electron chi connectivity index (χ4n) is 1.87. The van der Waals surface area contributed by atoms with Crippen LogP contribution in [0.25, 0.3) is 11.0 Å². The van der Waals surface area contributed by atoms with Crippen LogP contribution < -0.4 is 10.6 Å². The van der Waals surface area contributed by atoms with Crippen LogP contribution >= 0.6 is 0 Å². The van der Waals surface area contributed by atoms with E-state index in [0.717, 1.165) is 18.4 Å². The number of aromatic nitrogens is 2. The Kier molecular flexibility index (Phi) is 3.28. The fraction of sp³-hybridized carbons (Fsp3) is 0.286. The topological polar surface area (TPSA) is 84.0 Å². The second kappa shape index (κ2) is 5.24. The fourth-order valence-corrected chi connectivity index (χ4v) is 1.87. The molecule has 1 saturated carbocycles. The minimum atomic E-state index is -0.288. The highest BCUT2D eigenvalue weighted by Crippen LogP contribution is 2.18. The molecule has 3 rings (SSSR count). The average molecular weight is 270 g/mol. The molecule has 102 valence electrons. The molecule has 1 aliphatic carbocycles. The Balaban J connectivity index is 1.63. The van der Waals surface area contributed by atoms with Gasteiger partial charge in [-0.05, 0) is 31.0 Å². The van der Waals surface area contributed by atoms with Crippen molar-refractivity contribution < 1.29 is 9.59 Å². The molecule has 0 atom stereocenters. The van der Waals surface area contributed by atoms with Crippen molar-refractivity contribution in [3.05, 3.63) is 36.2 Å². The molecule has 1 heterocycles. The van der Waals surface area contributed by atoms with Crippen LogP contribution in [0.2, 0.25) is 0 Å². The van der Waals surface area contributed by atoms with Crippen LogP contribution in [0.5, 0.6) is 0 Å². The Morgan fingerprint density at radius 1 is 1.15 bits per heavy atom. The standard InChI is InChI=1S/C14H14N4O2/c19-13(18-10-2-3-10)8-17-14(20)9-1-4-11-12(7-9)16-6-5-15-11/h1,4-7,10H,2-3,8H2,(H,17,20)(H,18,19). The van der Waals surface area contributed by atoms with Crippen LogP contribution in [0.3, 0.4) is 0 Å². The van der Waals surface area contributed by atoms with Crippen LogP contribution in [-0.2, 0) is 4.79 Å². The van der Waals surface area contributed by atoms with Gasteiger partial charge in [-0.3, -0.25) is 19.6 Å². The number of fused-ring (bicyclic) bond motifs is 1. The maximum atomic E-state index is 12.0. The highest BCUT2D eigenvalue weighted by Gasteiger charge is 2.23. The molecule has 0 unspecified atom stereocenters. The van der Waals surface area contributed by atoms with E-state index in [0.29, 0.717) is 17.1 Å². The molecule has 2 aromatic rings. The molecule has 1 aliphatic rings. The van der Waals surface area contributed by atoms with Gasteiger partial charge < -0.3 is 10.6 Å². The summed E-state index contributed by atoms with van der Waals surface area (Å²) in [6.07, 6.45) is 5.24. The zero-order valence-corrected chi connectivity index (χ0v) is 10.8. The normalized spacial score (nSPS) is 14.0. The number of hydrogen-bond donors (Lipinski definition) is 2. The van der Waals surface area contributed by atoms with Gasteiger partial charge in [0.15, 0.2) is 0 Å². The lowest BCUT2D eigenvalue weighted by Crippen LogP contribution is -2.37. The zero-order valence-electron chi connectivity index (χ0n) is 10.8. The predicted molar refractivity (Wildman–Crippen MR) is 73.0 cm³/mol. The first kappa shape index (κ1) is 12.5. The minimum Gasteiger partial charge on any atom is -0.352 e. The third-order valence-corrected chi connectivity index (χ3v) is 3.08. The second-order valence-corrected chi connectivity index (χ2v) is 4.78. The number of nitrogens with one attached hydrogen (secondary N) is 2. The molecule has 6 heteroatoms. The molecule has 0 aliphatic heterocycles. The van der Waals surface area contributed by atoms with Gasteiger partial charge in [0.2, 0.25) is 5.91 Å². The summed E-state index contributed by atoms with van der Waals surface area (Å²) in [5, 5.41) is 5.41. The Bertz CT molecular complexity index is 667. The number of amides is 2. The van der Waals surface area contributed by atoms with E-state index in [2.05, 4.69) is 20.6 Å². The van der Waals surface area contributed by atoms with Crippen molar-refractivity contribution in [1.82, 2.24) is 20.6 Å². The van der Waals surface area contributed by atoms with Crippen molar-refractivity contribution in [2.24, 2.45) is 0 Å². The molecule has 0 radical (unpaired) electrons. The van der Waals surface area contributed by atoms with E-state index in [1.54, 1.807) is 30.6 Å². The molecule has 1 aromatic heterocycles. The molecule has 2 N–H and O–H groups in total. The van der Waals surface area contributed by atoms with E-state index in [9.17, 15) is 9.59 Å². The maximum absolute atomic E-state index is 12.0. The monoisotopic (exact) mass is 270 g/mol. The Morgan fingerprint density at radius 2 is 1.90 bits per heavy atom. The minimum absolute atomic E-state index is 0.00611. The Morgan fingerprint density at radius 3 is 2.65 bits per heavy atom. The van der Waals surface area contributed by atoms with Crippen molar-refractivity contribution in [2.45, 2.75) is 18.9 Å². The lowest BCUT2D eigenvalue weighted by molar-refractivity contribution is -0.120. The first-order valence-electron chi connectivity index (χ1n) is 6.51. The van der Waals surface area contributed by atoms with Gasteiger partial charge in [-0.15, -0.1) is 0 Å². The van der Waals surface area contributed by atoms with Gasteiger partial charge in [-0.1, -0.05) is 0 Å². The molecular formula is C14H14N4O2. The molecule has 1 fully saturated rings. The largest absolute Gasteiger partial charge is 0.352 e. The summed E-state index contributed by atoms with van der Waals surface area (Å²) in [7, 11) is 0. The van der Waals surface area contributed by atoms with Gasteiger partial charge in [0.05, 0.1) is 17.6 Å². The van der Waals surface area contributed by atoms with Gasteiger partial charge in [-0.2, -0.15) is 0 Å². The summed E-state index contributed by atoms with van der Waals surface area (Å²) in [6.45, 7) is -0.00611. The van der Waals surface area contributed by atoms with Gasteiger partial charge in [-0.25, -0.2) is 0 Å². The molecule has 2 amide bonds. The molecule has 1 aromatic carbocycles.